The number of thiophene rings is 1. The first-order valence-electron chi connectivity index (χ1n) is 8.27. The lowest BCUT2D eigenvalue weighted by Crippen LogP contribution is -2.21. The quantitative estimate of drug-likeness (QED) is 0.713. The van der Waals surface area contributed by atoms with Crippen LogP contribution in [0.1, 0.15) is 68.2 Å². The summed E-state index contributed by atoms with van der Waals surface area (Å²) < 4.78 is 5.73. The van der Waals surface area contributed by atoms with Gasteiger partial charge in [0.05, 0.1) is 6.10 Å². The third-order valence-electron chi connectivity index (χ3n) is 4.06. The van der Waals surface area contributed by atoms with Crippen LogP contribution in [0.15, 0.2) is 12.1 Å². The monoisotopic (exact) mass is 295 g/mol. The van der Waals surface area contributed by atoms with E-state index in [1.54, 1.807) is 0 Å². The van der Waals surface area contributed by atoms with Crippen molar-refractivity contribution < 1.29 is 4.74 Å². The van der Waals surface area contributed by atoms with Crippen molar-refractivity contribution >= 4 is 11.3 Å². The van der Waals surface area contributed by atoms with E-state index in [4.69, 9.17) is 4.74 Å². The molecule has 0 bridgehead atoms. The number of ether oxygens (including phenoxy) is 1. The molecular formula is C17H29NOS. The smallest absolute Gasteiger partial charge is 0.0576 e. The van der Waals surface area contributed by atoms with Gasteiger partial charge in [-0.25, -0.2) is 0 Å². The molecule has 1 aliphatic rings. The maximum absolute atomic E-state index is 5.73. The average molecular weight is 295 g/mol. The van der Waals surface area contributed by atoms with Gasteiger partial charge in [-0.15, -0.1) is 11.3 Å². The first-order valence-corrected chi connectivity index (χ1v) is 9.08. The summed E-state index contributed by atoms with van der Waals surface area (Å²) in [4.78, 5) is 3.02. The summed E-state index contributed by atoms with van der Waals surface area (Å²) in [5.74, 6) is 0. The third-order valence-corrected chi connectivity index (χ3v) is 5.40. The molecule has 1 aromatic rings. The fraction of sp³-hybridized carbons (Fsp3) is 0.765. The zero-order valence-corrected chi connectivity index (χ0v) is 13.8. The lowest BCUT2D eigenvalue weighted by molar-refractivity contribution is 0.101. The molecule has 0 saturated carbocycles. The number of aryl methyl sites for hydroxylation is 1. The minimum Gasteiger partial charge on any atom is -0.378 e. The summed E-state index contributed by atoms with van der Waals surface area (Å²) >= 11 is 1.98. The predicted octanol–water partition coefficient (Wildman–Crippen LogP) is 4.70. The molecule has 2 atom stereocenters. The van der Waals surface area contributed by atoms with Gasteiger partial charge in [0.25, 0.3) is 0 Å². The molecule has 2 nitrogen and oxygen atoms in total. The van der Waals surface area contributed by atoms with Crippen LogP contribution < -0.4 is 5.32 Å². The molecule has 20 heavy (non-hydrogen) atoms. The highest BCUT2D eigenvalue weighted by molar-refractivity contribution is 7.12. The SMILES string of the molecule is CCCNC(CCCC1CCCO1)c1ccc(CC)s1. The summed E-state index contributed by atoms with van der Waals surface area (Å²) in [5, 5.41) is 3.72. The normalized spacial score (nSPS) is 20.4. The van der Waals surface area contributed by atoms with Gasteiger partial charge in [-0.1, -0.05) is 13.8 Å². The fourth-order valence-corrected chi connectivity index (χ4v) is 3.92. The second kappa shape index (κ2) is 8.81. The van der Waals surface area contributed by atoms with Gasteiger partial charge >= 0.3 is 0 Å². The minimum atomic E-state index is 0.538. The Kier molecular flexibility index (Phi) is 7.05. The van der Waals surface area contributed by atoms with E-state index in [1.807, 2.05) is 11.3 Å². The molecule has 1 N–H and O–H groups in total. The second-order valence-electron chi connectivity index (χ2n) is 5.73. The molecule has 2 rings (SSSR count). The number of nitrogens with one attached hydrogen (secondary N) is 1. The van der Waals surface area contributed by atoms with E-state index in [2.05, 4.69) is 31.3 Å². The van der Waals surface area contributed by atoms with Crippen LogP contribution in [0.4, 0.5) is 0 Å². The Morgan fingerprint density at radius 2 is 2.30 bits per heavy atom. The topological polar surface area (TPSA) is 21.3 Å². The number of rotatable bonds is 9. The Balaban J connectivity index is 1.82. The van der Waals surface area contributed by atoms with Crippen LogP contribution in [0.2, 0.25) is 0 Å². The van der Waals surface area contributed by atoms with Gasteiger partial charge < -0.3 is 10.1 Å². The molecular weight excluding hydrogens is 266 g/mol. The summed E-state index contributed by atoms with van der Waals surface area (Å²) in [5.41, 5.74) is 0. The van der Waals surface area contributed by atoms with Gasteiger partial charge in [0.1, 0.15) is 0 Å². The molecule has 0 amide bonds. The van der Waals surface area contributed by atoms with Gasteiger partial charge in [0, 0.05) is 22.4 Å². The van der Waals surface area contributed by atoms with Crippen molar-refractivity contribution in [2.75, 3.05) is 13.2 Å². The average Bonchev–Trinajstić information content (AvgIpc) is 3.13. The van der Waals surface area contributed by atoms with Crippen LogP contribution >= 0.6 is 11.3 Å². The standard InChI is InChI=1S/C17H29NOS/c1-3-12-18-16(17-11-10-15(4-2)20-17)9-5-7-14-8-6-13-19-14/h10-11,14,16,18H,3-9,12-13H2,1-2H3. The van der Waals surface area contributed by atoms with Crippen molar-refractivity contribution in [2.24, 2.45) is 0 Å². The molecule has 1 aromatic heterocycles. The van der Waals surface area contributed by atoms with Crippen molar-refractivity contribution in [3.05, 3.63) is 21.9 Å². The molecule has 2 unspecified atom stereocenters. The summed E-state index contributed by atoms with van der Waals surface area (Å²) in [6.07, 6.45) is 9.16. The molecule has 2 heterocycles. The highest BCUT2D eigenvalue weighted by Gasteiger charge is 2.17. The molecule has 1 saturated heterocycles. The third kappa shape index (κ3) is 4.87. The van der Waals surface area contributed by atoms with Crippen LogP contribution in [-0.2, 0) is 11.2 Å². The van der Waals surface area contributed by atoms with E-state index in [-0.39, 0.29) is 0 Å². The molecule has 0 aliphatic carbocycles. The van der Waals surface area contributed by atoms with Crippen LogP contribution in [0.5, 0.6) is 0 Å². The zero-order chi connectivity index (χ0) is 14.2. The predicted molar refractivity (Wildman–Crippen MR) is 87.6 cm³/mol. The first-order chi connectivity index (χ1) is 9.83. The van der Waals surface area contributed by atoms with Crippen molar-refractivity contribution in [2.45, 2.75) is 70.9 Å². The molecule has 1 aliphatic heterocycles. The van der Waals surface area contributed by atoms with E-state index in [0.717, 1.165) is 19.6 Å². The lowest BCUT2D eigenvalue weighted by Gasteiger charge is -2.18. The second-order valence-corrected chi connectivity index (χ2v) is 6.93. The van der Waals surface area contributed by atoms with Crippen molar-refractivity contribution in [1.29, 1.82) is 0 Å². The van der Waals surface area contributed by atoms with Crippen LogP contribution in [0.3, 0.4) is 0 Å². The van der Waals surface area contributed by atoms with Gasteiger partial charge in [-0.2, -0.15) is 0 Å². The Hall–Kier alpha value is -0.380. The van der Waals surface area contributed by atoms with E-state index in [0.29, 0.717) is 12.1 Å². The number of hydrogen-bond acceptors (Lipinski definition) is 3. The van der Waals surface area contributed by atoms with Crippen LogP contribution in [0.25, 0.3) is 0 Å². The Morgan fingerprint density at radius 3 is 2.95 bits per heavy atom. The van der Waals surface area contributed by atoms with E-state index in [1.165, 1.54) is 48.3 Å². The highest BCUT2D eigenvalue weighted by Crippen LogP contribution is 2.28. The summed E-state index contributed by atoms with van der Waals surface area (Å²) in [6, 6.07) is 5.16. The Bertz CT molecular complexity index is 371. The van der Waals surface area contributed by atoms with Crippen molar-refractivity contribution in [3.63, 3.8) is 0 Å². The largest absolute Gasteiger partial charge is 0.378 e. The molecule has 0 spiro atoms. The molecule has 3 heteroatoms. The van der Waals surface area contributed by atoms with E-state index >= 15 is 0 Å². The van der Waals surface area contributed by atoms with Gasteiger partial charge in [0.15, 0.2) is 0 Å². The van der Waals surface area contributed by atoms with Gasteiger partial charge in [-0.3, -0.25) is 0 Å². The van der Waals surface area contributed by atoms with Gasteiger partial charge in [0.2, 0.25) is 0 Å². The maximum Gasteiger partial charge on any atom is 0.0576 e. The first kappa shape index (κ1) is 16.0. The molecule has 114 valence electrons. The summed E-state index contributed by atoms with van der Waals surface area (Å²) in [6.45, 7) is 6.57. The fourth-order valence-electron chi connectivity index (χ4n) is 2.86. The zero-order valence-electron chi connectivity index (χ0n) is 13.0. The van der Waals surface area contributed by atoms with Crippen molar-refractivity contribution in [1.82, 2.24) is 5.32 Å². The highest BCUT2D eigenvalue weighted by atomic mass is 32.1. The van der Waals surface area contributed by atoms with Crippen LogP contribution in [0, 0.1) is 0 Å². The minimum absolute atomic E-state index is 0.538. The maximum atomic E-state index is 5.73. The molecule has 0 aromatic carbocycles. The van der Waals surface area contributed by atoms with Crippen molar-refractivity contribution in [3.8, 4) is 0 Å². The van der Waals surface area contributed by atoms with E-state index < -0.39 is 0 Å². The van der Waals surface area contributed by atoms with Crippen LogP contribution in [-0.4, -0.2) is 19.3 Å². The summed E-state index contributed by atoms with van der Waals surface area (Å²) in [7, 11) is 0. The van der Waals surface area contributed by atoms with Gasteiger partial charge in [-0.05, 0) is 63.6 Å². The Morgan fingerprint density at radius 1 is 1.40 bits per heavy atom. The van der Waals surface area contributed by atoms with E-state index in [9.17, 15) is 0 Å². The molecule has 1 fully saturated rings. The number of hydrogen-bond donors (Lipinski definition) is 1. The molecule has 0 radical (unpaired) electrons. The Labute approximate surface area is 127 Å². The lowest BCUT2D eigenvalue weighted by atomic mass is 10.0.